The molecule has 1 aromatic carbocycles. The first-order valence-electron chi connectivity index (χ1n) is 7.42. The van der Waals surface area contributed by atoms with Crippen LogP contribution in [0.2, 0.25) is 0 Å². The normalized spacial score (nSPS) is 13.8. The molecule has 1 N–H and O–H groups in total. The molecule has 0 aromatic heterocycles. The van der Waals surface area contributed by atoms with Gasteiger partial charge in [-0.05, 0) is 36.5 Å². The van der Waals surface area contributed by atoms with Crippen molar-refractivity contribution in [2.45, 2.75) is 19.3 Å². The summed E-state index contributed by atoms with van der Waals surface area (Å²) in [5.74, 6) is 1.06. The van der Waals surface area contributed by atoms with E-state index in [-0.39, 0.29) is 0 Å². The summed E-state index contributed by atoms with van der Waals surface area (Å²) in [7, 11) is 1.71. The molecule has 0 bridgehead atoms. The van der Waals surface area contributed by atoms with E-state index in [1.165, 1.54) is 11.1 Å². The first kappa shape index (κ1) is 15.3. The number of rotatable bonds is 9. The van der Waals surface area contributed by atoms with E-state index in [2.05, 4.69) is 23.5 Å². The zero-order valence-electron chi connectivity index (χ0n) is 12.3. The molecule has 0 amide bonds. The van der Waals surface area contributed by atoms with Crippen molar-refractivity contribution < 1.29 is 14.2 Å². The van der Waals surface area contributed by atoms with E-state index in [0.717, 1.165) is 64.5 Å². The fraction of sp³-hybridized carbons (Fsp3) is 0.625. The monoisotopic (exact) mass is 279 g/mol. The van der Waals surface area contributed by atoms with Gasteiger partial charge in [0.05, 0.1) is 26.4 Å². The molecule has 1 heterocycles. The van der Waals surface area contributed by atoms with Gasteiger partial charge in [-0.1, -0.05) is 12.1 Å². The first-order chi connectivity index (χ1) is 9.90. The Morgan fingerprint density at radius 2 is 2.10 bits per heavy atom. The highest BCUT2D eigenvalue weighted by molar-refractivity contribution is 5.38. The highest BCUT2D eigenvalue weighted by Crippen LogP contribution is 2.25. The molecule has 0 unspecified atom stereocenters. The van der Waals surface area contributed by atoms with Crippen LogP contribution in [0.1, 0.15) is 17.5 Å². The maximum Gasteiger partial charge on any atom is 0.122 e. The Kier molecular flexibility index (Phi) is 6.84. The predicted octanol–water partition coefficient (Wildman–Crippen LogP) is 1.81. The lowest BCUT2D eigenvalue weighted by Gasteiger charge is -2.17. The largest absolute Gasteiger partial charge is 0.493 e. The molecule has 0 saturated carbocycles. The van der Waals surface area contributed by atoms with E-state index in [4.69, 9.17) is 14.2 Å². The van der Waals surface area contributed by atoms with Gasteiger partial charge < -0.3 is 19.5 Å². The zero-order chi connectivity index (χ0) is 14.0. The Morgan fingerprint density at radius 1 is 1.20 bits per heavy atom. The number of benzene rings is 1. The Balaban J connectivity index is 1.60. The van der Waals surface area contributed by atoms with Crippen molar-refractivity contribution >= 4 is 0 Å². The summed E-state index contributed by atoms with van der Waals surface area (Å²) in [5.41, 5.74) is 2.68. The van der Waals surface area contributed by atoms with E-state index in [1.54, 1.807) is 7.11 Å². The summed E-state index contributed by atoms with van der Waals surface area (Å²) in [6.07, 6.45) is 3.22. The van der Waals surface area contributed by atoms with Gasteiger partial charge in [-0.15, -0.1) is 0 Å². The van der Waals surface area contributed by atoms with Crippen molar-refractivity contribution in [1.29, 1.82) is 0 Å². The quantitative estimate of drug-likeness (QED) is 0.700. The highest BCUT2D eigenvalue weighted by atomic mass is 16.5. The average molecular weight is 279 g/mol. The maximum atomic E-state index is 5.63. The van der Waals surface area contributed by atoms with Crippen molar-refractivity contribution in [3.63, 3.8) is 0 Å². The second-order valence-electron chi connectivity index (χ2n) is 5.00. The highest BCUT2D eigenvalue weighted by Gasteiger charge is 2.10. The lowest BCUT2D eigenvalue weighted by molar-refractivity contribution is 0.135. The minimum Gasteiger partial charge on any atom is -0.493 e. The van der Waals surface area contributed by atoms with Gasteiger partial charge in [0.2, 0.25) is 0 Å². The van der Waals surface area contributed by atoms with Crippen LogP contribution in [0.3, 0.4) is 0 Å². The Morgan fingerprint density at radius 3 is 3.00 bits per heavy atom. The molecular formula is C16H25NO3. The van der Waals surface area contributed by atoms with E-state index in [0.29, 0.717) is 0 Å². The summed E-state index contributed by atoms with van der Waals surface area (Å²) in [6.45, 7) is 4.87. The molecule has 4 heteroatoms. The maximum absolute atomic E-state index is 5.63. The Hall–Kier alpha value is -1.10. The third-order valence-corrected chi connectivity index (χ3v) is 3.41. The SMILES string of the molecule is COCCNCCOCCc1ccc2c(c1)CCCO2. The van der Waals surface area contributed by atoms with Crippen molar-refractivity contribution in [3.8, 4) is 5.75 Å². The first-order valence-corrected chi connectivity index (χ1v) is 7.42. The van der Waals surface area contributed by atoms with Crippen molar-refractivity contribution in [3.05, 3.63) is 29.3 Å². The standard InChI is InChI=1S/C16H25NO3/c1-18-11-7-17-8-12-19-10-6-14-4-5-16-15(13-14)3-2-9-20-16/h4-5,13,17H,2-3,6-12H2,1H3. The van der Waals surface area contributed by atoms with Crippen LogP contribution in [-0.2, 0) is 22.3 Å². The number of hydrogen-bond donors (Lipinski definition) is 1. The fourth-order valence-corrected chi connectivity index (χ4v) is 2.30. The molecule has 112 valence electrons. The molecule has 0 fully saturated rings. The fourth-order valence-electron chi connectivity index (χ4n) is 2.30. The lowest BCUT2D eigenvalue weighted by atomic mass is 10.0. The number of nitrogens with one attached hydrogen (secondary N) is 1. The van der Waals surface area contributed by atoms with Crippen LogP contribution in [0.5, 0.6) is 5.75 Å². The molecule has 20 heavy (non-hydrogen) atoms. The van der Waals surface area contributed by atoms with E-state index in [9.17, 15) is 0 Å². The lowest BCUT2D eigenvalue weighted by Crippen LogP contribution is -2.23. The molecule has 0 atom stereocenters. The van der Waals surface area contributed by atoms with E-state index >= 15 is 0 Å². The third kappa shape index (κ3) is 5.12. The van der Waals surface area contributed by atoms with Crippen LogP contribution in [0.4, 0.5) is 0 Å². The molecule has 2 rings (SSSR count). The minimum absolute atomic E-state index is 0.747. The number of ether oxygens (including phenoxy) is 3. The molecule has 1 aliphatic heterocycles. The summed E-state index contributed by atoms with van der Waals surface area (Å²) in [6, 6.07) is 6.50. The molecule has 0 saturated heterocycles. The summed E-state index contributed by atoms with van der Waals surface area (Å²) >= 11 is 0. The van der Waals surface area contributed by atoms with Crippen molar-refractivity contribution in [2.75, 3.05) is 46.6 Å². The number of aryl methyl sites for hydroxylation is 1. The van der Waals surface area contributed by atoms with Gasteiger partial charge in [0, 0.05) is 20.2 Å². The molecular weight excluding hydrogens is 254 g/mol. The van der Waals surface area contributed by atoms with Crippen LogP contribution in [0.25, 0.3) is 0 Å². The van der Waals surface area contributed by atoms with Crippen LogP contribution in [0.15, 0.2) is 18.2 Å². The molecule has 0 radical (unpaired) electrons. The average Bonchev–Trinajstić information content (AvgIpc) is 2.50. The van der Waals surface area contributed by atoms with E-state index in [1.807, 2.05) is 0 Å². The summed E-state index contributed by atoms with van der Waals surface area (Å²) < 4.78 is 16.2. The molecule has 1 aliphatic rings. The smallest absolute Gasteiger partial charge is 0.122 e. The van der Waals surface area contributed by atoms with Crippen molar-refractivity contribution in [2.24, 2.45) is 0 Å². The minimum atomic E-state index is 0.747. The summed E-state index contributed by atoms with van der Waals surface area (Å²) in [4.78, 5) is 0. The van der Waals surface area contributed by atoms with Crippen LogP contribution in [-0.4, -0.2) is 46.6 Å². The van der Waals surface area contributed by atoms with Gasteiger partial charge in [-0.2, -0.15) is 0 Å². The Bertz CT molecular complexity index is 395. The van der Waals surface area contributed by atoms with Gasteiger partial charge in [0.1, 0.15) is 5.75 Å². The number of hydrogen-bond acceptors (Lipinski definition) is 4. The van der Waals surface area contributed by atoms with Crippen molar-refractivity contribution in [1.82, 2.24) is 5.32 Å². The van der Waals surface area contributed by atoms with Gasteiger partial charge in [0.15, 0.2) is 0 Å². The second kappa shape index (κ2) is 8.95. The van der Waals surface area contributed by atoms with Gasteiger partial charge >= 0.3 is 0 Å². The predicted molar refractivity (Wildman–Crippen MR) is 79.5 cm³/mol. The van der Waals surface area contributed by atoms with Crippen LogP contribution in [0, 0.1) is 0 Å². The third-order valence-electron chi connectivity index (χ3n) is 3.41. The molecule has 0 spiro atoms. The van der Waals surface area contributed by atoms with Gasteiger partial charge in [-0.25, -0.2) is 0 Å². The summed E-state index contributed by atoms with van der Waals surface area (Å²) in [5, 5.41) is 3.26. The zero-order valence-corrected chi connectivity index (χ0v) is 12.3. The number of methoxy groups -OCH3 is 1. The van der Waals surface area contributed by atoms with Crippen LogP contribution < -0.4 is 10.1 Å². The molecule has 1 aromatic rings. The number of fused-ring (bicyclic) bond motifs is 1. The molecule has 0 aliphatic carbocycles. The molecule has 4 nitrogen and oxygen atoms in total. The Labute approximate surface area is 121 Å². The van der Waals surface area contributed by atoms with Gasteiger partial charge in [-0.3, -0.25) is 0 Å². The second-order valence-corrected chi connectivity index (χ2v) is 5.00. The topological polar surface area (TPSA) is 39.7 Å². The van der Waals surface area contributed by atoms with Crippen LogP contribution >= 0.6 is 0 Å². The van der Waals surface area contributed by atoms with E-state index < -0.39 is 0 Å². The van der Waals surface area contributed by atoms with Gasteiger partial charge in [0.25, 0.3) is 0 Å².